The standard InChI is InChI=1S/C18H29FN2/c1-13(2)20-11-16-7-8-18(19)17(10-16)12-21-9-5-6-14(3)15(21)4/h7-8,10,13-15,20H,5-6,9,11-12H2,1-4H3. The molecule has 1 aliphatic heterocycles. The van der Waals surface area contributed by atoms with Crippen molar-refractivity contribution in [3.05, 3.63) is 35.1 Å². The summed E-state index contributed by atoms with van der Waals surface area (Å²) in [6.45, 7) is 11.4. The summed E-state index contributed by atoms with van der Waals surface area (Å²) in [5, 5.41) is 3.39. The molecule has 1 N–H and O–H groups in total. The molecular weight excluding hydrogens is 263 g/mol. The zero-order valence-electron chi connectivity index (χ0n) is 13.8. The lowest BCUT2D eigenvalue weighted by molar-refractivity contribution is 0.105. The lowest BCUT2D eigenvalue weighted by Crippen LogP contribution is -2.41. The molecular formula is C18H29FN2. The van der Waals surface area contributed by atoms with Crippen molar-refractivity contribution < 1.29 is 4.39 Å². The molecule has 0 amide bonds. The normalized spacial score (nSPS) is 23.7. The fourth-order valence-electron chi connectivity index (χ4n) is 3.04. The monoisotopic (exact) mass is 292 g/mol. The Kier molecular flexibility index (Phi) is 5.77. The lowest BCUT2D eigenvalue weighted by atomic mass is 9.91. The van der Waals surface area contributed by atoms with Crippen molar-refractivity contribution in [1.82, 2.24) is 10.2 Å². The molecule has 1 fully saturated rings. The minimum absolute atomic E-state index is 0.0753. The summed E-state index contributed by atoms with van der Waals surface area (Å²) >= 11 is 0. The SMILES string of the molecule is CC(C)NCc1ccc(F)c(CN2CCCC(C)C2C)c1. The fourth-order valence-corrected chi connectivity index (χ4v) is 3.04. The quantitative estimate of drug-likeness (QED) is 0.884. The summed E-state index contributed by atoms with van der Waals surface area (Å²) in [5.74, 6) is 0.626. The summed E-state index contributed by atoms with van der Waals surface area (Å²) in [7, 11) is 0. The molecule has 2 unspecified atom stereocenters. The van der Waals surface area contributed by atoms with Crippen LogP contribution in [0.15, 0.2) is 18.2 Å². The largest absolute Gasteiger partial charge is 0.310 e. The van der Waals surface area contributed by atoms with Gasteiger partial charge in [0, 0.05) is 30.7 Å². The average molecular weight is 292 g/mol. The van der Waals surface area contributed by atoms with E-state index in [0.29, 0.717) is 18.0 Å². The number of piperidine rings is 1. The van der Waals surface area contributed by atoms with Crippen molar-refractivity contribution in [2.75, 3.05) is 6.54 Å². The van der Waals surface area contributed by atoms with Crippen molar-refractivity contribution in [3.8, 4) is 0 Å². The first kappa shape index (κ1) is 16.4. The van der Waals surface area contributed by atoms with Crippen molar-refractivity contribution in [2.24, 2.45) is 5.92 Å². The van der Waals surface area contributed by atoms with E-state index in [1.165, 1.54) is 12.8 Å². The van der Waals surface area contributed by atoms with Crippen molar-refractivity contribution in [1.29, 1.82) is 0 Å². The molecule has 0 saturated carbocycles. The van der Waals surface area contributed by atoms with Gasteiger partial charge in [0.2, 0.25) is 0 Å². The number of rotatable bonds is 5. The lowest BCUT2D eigenvalue weighted by Gasteiger charge is -2.38. The van der Waals surface area contributed by atoms with E-state index in [0.717, 1.165) is 30.8 Å². The molecule has 0 spiro atoms. The number of hydrogen-bond donors (Lipinski definition) is 1. The van der Waals surface area contributed by atoms with Crippen LogP contribution in [0, 0.1) is 11.7 Å². The molecule has 0 aromatic heterocycles. The zero-order chi connectivity index (χ0) is 15.4. The topological polar surface area (TPSA) is 15.3 Å². The smallest absolute Gasteiger partial charge is 0.127 e. The van der Waals surface area contributed by atoms with Gasteiger partial charge in [0.25, 0.3) is 0 Å². The Labute approximate surface area is 128 Å². The third-order valence-electron chi connectivity index (χ3n) is 4.70. The van der Waals surface area contributed by atoms with Crippen LogP contribution in [-0.2, 0) is 13.1 Å². The molecule has 118 valence electrons. The molecule has 0 radical (unpaired) electrons. The van der Waals surface area contributed by atoms with Crippen LogP contribution in [0.25, 0.3) is 0 Å². The Morgan fingerprint density at radius 3 is 2.81 bits per heavy atom. The minimum atomic E-state index is -0.0753. The highest BCUT2D eigenvalue weighted by Crippen LogP contribution is 2.25. The van der Waals surface area contributed by atoms with Gasteiger partial charge in [-0.25, -0.2) is 4.39 Å². The van der Waals surface area contributed by atoms with E-state index >= 15 is 0 Å². The van der Waals surface area contributed by atoms with E-state index in [1.807, 2.05) is 12.1 Å². The number of nitrogens with one attached hydrogen (secondary N) is 1. The number of hydrogen-bond acceptors (Lipinski definition) is 2. The van der Waals surface area contributed by atoms with Crippen LogP contribution >= 0.6 is 0 Å². The second-order valence-corrected chi connectivity index (χ2v) is 6.79. The van der Waals surface area contributed by atoms with Crippen LogP contribution in [0.2, 0.25) is 0 Å². The molecule has 0 bridgehead atoms. The van der Waals surface area contributed by atoms with Gasteiger partial charge >= 0.3 is 0 Å². The number of likely N-dealkylation sites (tertiary alicyclic amines) is 1. The van der Waals surface area contributed by atoms with E-state index in [4.69, 9.17) is 0 Å². The van der Waals surface area contributed by atoms with Crippen LogP contribution < -0.4 is 5.32 Å². The average Bonchev–Trinajstić information content (AvgIpc) is 2.44. The van der Waals surface area contributed by atoms with Gasteiger partial charge < -0.3 is 5.32 Å². The molecule has 1 heterocycles. The van der Waals surface area contributed by atoms with E-state index in [-0.39, 0.29) is 5.82 Å². The summed E-state index contributed by atoms with van der Waals surface area (Å²) in [6, 6.07) is 6.51. The van der Waals surface area contributed by atoms with E-state index in [1.54, 1.807) is 6.07 Å². The summed E-state index contributed by atoms with van der Waals surface area (Å²) in [5.41, 5.74) is 2.00. The fraction of sp³-hybridized carbons (Fsp3) is 0.667. The van der Waals surface area contributed by atoms with Gasteiger partial charge in [0.1, 0.15) is 5.82 Å². The predicted octanol–water partition coefficient (Wildman–Crippen LogP) is 3.94. The Bertz CT molecular complexity index is 459. The molecule has 3 heteroatoms. The third-order valence-corrected chi connectivity index (χ3v) is 4.70. The Morgan fingerprint density at radius 1 is 1.33 bits per heavy atom. The molecule has 1 aromatic rings. The Balaban J connectivity index is 2.06. The molecule has 1 aliphatic rings. The summed E-state index contributed by atoms with van der Waals surface area (Å²) < 4.78 is 14.1. The molecule has 2 atom stereocenters. The van der Waals surface area contributed by atoms with Crippen molar-refractivity contribution >= 4 is 0 Å². The molecule has 21 heavy (non-hydrogen) atoms. The maximum atomic E-state index is 14.1. The van der Waals surface area contributed by atoms with Gasteiger partial charge in [-0.15, -0.1) is 0 Å². The van der Waals surface area contributed by atoms with Gasteiger partial charge in [-0.3, -0.25) is 4.90 Å². The van der Waals surface area contributed by atoms with Gasteiger partial charge in [-0.1, -0.05) is 32.9 Å². The van der Waals surface area contributed by atoms with Crippen LogP contribution in [0.5, 0.6) is 0 Å². The zero-order valence-corrected chi connectivity index (χ0v) is 13.8. The van der Waals surface area contributed by atoms with Gasteiger partial charge in [-0.05, 0) is 43.9 Å². The Hall–Kier alpha value is -0.930. The van der Waals surface area contributed by atoms with E-state index in [9.17, 15) is 4.39 Å². The van der Waals surface area contributed by atoms with E-state index < -0.39 is 0 Å². The molecule has 1 saturated heterocycles. The molecule has 1 aromatic carbocycles. The maximum Gasteiger partial charge on any atom is 0.127 e. The predicted molar refractivity (Wildman–Crippen MR) is 86.6 cm³/mol. The number of nitrogens with zero attached hydrogens (tertiary/aromatic N) is 1. The summed E-state index contributed by atoms with van der Waals surface area (Å²) in [4.78, 5) is 2.42. The first-order valence-corrected chi connectivity index (χ1v) is 8.22. The van der Waals surface area contributed by atoms with Gasteiger partial charge in [-0.2, -0.15) is 0 Å². The van der Waals surface area contributed by atoms with E-state index in [2.05, 4.69) is 37.9 Å². The van der Waals surface area contributed by atoms with Crippen molar-refractivity contribution in [2.45, 2.75) is 65.7 Å². The summed E-state index contributed by atoms with van der Waals surface area (Å²) in [6.07, 6.45) is 2.51. The Morgan fingerprint density at radius 2 is 2.10 bits per heavy atom. The first-order chi connectivity index (χ1) is 9.97. The van der Waals surface area contributed by atoms with Crippen LogP contribution in [-0.4, -0.2) is 23.5 Å². The van der Waals surface area contributed by atoms with Gasteiger partial charge in [0.05, 0.1) is 0 Å². The molecule has 0 aliphatic carbocycles. The third kappa shape index (κ3) is 4.52. The molecule has 2 rings (SSSR count). The number of halogens is 1. The highest BCUT2D eigenvalue weighted by Gasteiger charge is 2.25. The first-order valence-electron chi connectivity index (χ1n) is 8.22. The second kappa shape index (κ2) is 7.37. The highest BCUT2D eigenvalue weighted by atomic mass is 19.1. The highest BCUT2D eigenvalue weighted by molar-refractivity contribution is 5.25. The second-order valence-electron chi connectivity index (χ2n) is 6.79. The van der Waals surface area contributed by atoms with Crippen LogP contribution in [0.4, 0.5) is 4.39 Å². The molecule has 2 nitrogen and oxygen atoms in total. The van der Waals surface area contributed by atoms with Gasteiger partial charge in [0.15, 0.2) is 0 Å². The number of benzene rings is 1. The minimum Gasteiger partial charge on any atom is -0.310 e. The maximum absolute atomic E-state index is 14.1. The van der Waals surface area contributed by atoms with Crippen LogP contribution in [0.1, 0.15) is 51.7 Å². The van der Waals surface area contributed by atoms with Crippen LogP contribution in [0.3, 0.4) is 0 Å². The van der Waals surface area contributed by atoms with Crippen molar-refractivity contribution in [3.63, 3.8) is 0 Å².